The third kappa shape index (κ3) is 6.82. The number of hydrogen-bond donors (Lipinski definition) is 2. The first kappa shape index (κ1) is 22.3. The zero-order chi connectivity index (χ0) is 21.4. The third-order valence-corrected chi connectivity index (χ3v) is 4.49. The number of aryl methyl sites for hydroxylation is 1. The van der Waals surface area contributed by atoms with Gasteiger partial charge in [0.1, 0.15) is 11.5 Å². The van der Waals surface area contributed by atoms with Crippen LogP contribution in [0.2, 0.25) is 0 Å². The van der Waals surface area contributed by atoms with E-state index in [2.05, 4.69) is 24.7 Å². The summed E-state index contributed by atoms with van der Waals surface area (Å²) < 4.78 is 11.3. The van der Waals surface area contributed by atoms with Crippen molar-refractivity contribution in [1.82, 2.24) is 10.9 Å². The lowest BCUT2D eigenvalue weighted by molar-refractivity contribution is -0.123. The highest BCUT2D eigenvalue weighted by atomic mass is 16.5. The van der Waals surface area contributed by atoms with Gasteiger partial charge in [-0.3, -0.25) is 20.4 Å². The first-order valence-corrected chi connectivity index (χ1v) is 9.89. The summed E-state index contributed by atoms with van der Waals surface area (Å²) in [6.45, 7) is 9.94. The Kier molecular flexibility index (Phi) is 8.07. The largest absolute Gasteiger partial charge is 0.491 e. The fourth-order valence-corrected chi connectivity index (χ4v) is 2.62. The van der Waals surface area contributed by atoms with Crippen LogP contribution in [-0.2, 0) is 4.79 Å². The summed E-state index contributed by atoms with van der Waals surface area (Å²) in [6, 6.07) is 12.7. The Morgan fingerprint density at radius 2 is 1.69 bits per heavy atom. The summed E-state index contributed by atoms with van der Waals surface area (Å²) in [5, 5.41) is 0. The number of benzene rings is 2. The summed E-state index contributed by atoms with van der Waals surface area (Å²) in [5.41, 5.74) is 7.28. The Hall–Kier alpha value is -3.02. The summed E-state index contributed by atoms with van der Waals surface area (Å²) in [7, 11) is 0. The summed E-state index contributed by atoms with van der Waals surface area (Å²) in [5.74, 6) is 0.810. The number of hydrazine groups is 1. The van der Waals surface area contributed by atoms with Gasteiger partial charge in [0.25, 0.3) is 11.8 Å². The Morgan fingerprint density at radius 1 is 1.00 bits per heavy atom. The molecule has 2 aromatic rings. The van der Waals surface area contributed by atoms with E-state index in [0.717, 1.165) is 17.5 Å². The maximum Gasteiger partial charge on any atom is 0.276 e. The van der Waals surface area contributed by atoms with E-state index in [1.165, 1.54) is 0 Å². The van der Waals surface area contributed by atoms with Crippen LogP contribution in [-0.4, -0.2) is 24.5 Å². The van der Waals surface area contributed by atoms with Gasteiger partial charge in [0.15, 0.2) is 6.61 Å². The van der Waals surface area contributed by atoms with Crippen molar-refractivity contribution in [3.63, 3.8) is 0 Å². The number of nitrogens with one attached hydrogen (secondary N) is 2. The number of carbonyl (C=O) groups excluding carboxylic acids is 2. The Balaban J connectivity index is 1.85. The van der Waals surface area contributed by atoms with Crippen molar-refractivity contribution in [2.24, 2.45) is 0 Å². The van der Waals surface area contributed by atoms with Crippen molar-refractivity contribution in [3.8, 4) is 11.5 Å². The van der Waals surface area contributed by atoms with Crippen molar-refractivity contribution < 1.29 is 19.1 Å². The second kappa shape index (κ2) is 10.5. The van der Waals surface area contributed by atoms with Crippen molar-refractivity contribution in [3.05, 3.63) is 59.2 Å². The van der Waals surface area contributed by atoms with Crippen LogP contribution in [0.25, 0.3) is 0 Å². The molecule has 0 aliphatic heterocycles. The highest BCUT2D eigenvalue weighted by Gasteiger charge is 2.12. The fourth-order valence-electron chi connectivity index (χ4n) is 2.62. The van der Waals surface area contributed by atoms with Crippen LogP contribution >= 0.6 is 0 Å². The van der Waals surface area contributed by atoms with Gasteiger partial charge in [0.05, 0.1) is 6.10 Å². The van der Waals surface area contributed by atoms with Gasteiger partial charge in [-0.25, -0.2) is 0 Å². The number of rotatable bonds is 8. The lowest BCUT2D eigenvalue weighted by Crippen LogP contribution is -2.43. The average Bonchev–Trinajstić information content (AvgIpc) is 2.70. The number of amides is 2. The molecule has 2 aromatic carbocycles. The van der Waals surface area contributed by atoms with Crippen LogP contribution in [0.1, 0.15) is 61.5 Å². The van der Waals surface area contributed by atoms with E-state index in [-0.39, 0.29) is 18.6 Å². The normalized spacial score (nSPS) is 11.7. The second-order valence-electron chi connectivity index (χ2n) is 7.35. The van der Waals surface area contributed by atoms with Crippen LogP contribution in [0.15, 0.2) is 42.5 Å². The molecule has 156 valence electrons. The van der Waals surface area contributed by atoms with Gasteiger partial charge in [-0.1, -0.05) is 32.9 Å². The second-order valence-corrected chi connectivity index (χ2v) is 7.35. The van der Waals surface area contributed by atoms with E-state index < -0.39 is 11.8 Å². The number of hydrogen-bond acceptors (Lipinski definition) is 4. The Morgan fingerprint density at radius 3 is 2.31 bits per heavy atom. The quantitative estimate of drug-likeness (QED) is 0.656. The van der Waals surface area contributed by atoms with Gasteiger partial charge in [-0.15, -0.1) is 0 Å². The maximum absolute atomic E-state index is 12.2. The highest BCUT2D eigenvalue weighted by molar-refractivity contribution is 5.95. The van der Waals surface area contributed by atoms with E-state index in [4.69, 9.17) is 9.47 Å². The van der Waals surface area contributed by atoms with E-state index in [9.17, 15) is 9.59 Å². The van der Waals surface area contributed by atoms with E-state index in [1.807, 2.05) is 39.0 Å². The molecule has 0 saturated heterocycles. The standard InChI is InChI=1S/C23H30N2O4/c1-6-17(5)29-19-10-8-18(9-11-19)23(27)25-24-22(26)14-28-21-13-16(4)7-12-20(21)15(2)3/h7-13,15,17H,6,14H2,1-5H3,(H,24,26)(H,25,27). The van der Waals surface area contributed by atoms with Crippen molar-refractivity contribution in [2.75, 3.05) is 6.61 Å². The minimum absolute atomic E-state index is 0.110. The summed E-state index contributed by atoms with van der Waals surface area (Å²) >= 11 is 0. The molecule has 0 spiro atoms. The molecule has 2 N–H and O–H groups in total. The van der Waals surface area contributed by atoms with E-state index >= 15 is 0 Å². The minimum Gasteiger partial charge on any atom is -0.491 e. The van der Waals surface area contributed by atoms with E-state index in [0.29, 0.717) is 17.1 Å². The van der Waals surface area contributed by atoms with Crippen LogP contribution in [0, 0.1) is 6.92 Å². The molecule has 6 heteroatoms. The molecule has 0 fully saturated rings. The first-order valence-electron chi connectivity index (χ1n) is 9.89. The smallest absolute Gasteiger partial charge is 0.276 e. The minimum atomic E-state index is -0.439. The molecular formula is C23H30N2O4. The molecule has 2 amide bonds. The van der Waals surface area contributed by atoms with Crippen molar-refractivity contribution >= 4 is 11.8 Å². The molecule has 6 nitrogen and oxygen atoms in total. The van der Waals surface area contributed by atoms with Gasteiger partial charge in [-0.2, -0.15) is 0 Å². The molecule has 0 bridgehead atoms. The Labute approximate surface area is 172 Å². The van der Waals surface area contributed by atoms with Crippen LogP contribution < -0.4 is 20.3 Å². The predicted octanol–water partition coefficient (Wildman–Crippen LogP) is 4.14. The molecule has 0 saturated carbocycles. The van der Waals surface area contributed by atoms with Crippen molar-refractivity contribution in [1.29, 1.82) is 0 Å². The van der Waals surface area contributed by atoms with Crippen molar-refractivity contribution in [2.45, 2.75) is 53.1 Å². The zero-order valence-electron chi connectivity index (χ0n) is 17.7. The molecule has 1 unspecified atom stereocenters. The lowest BCUT2D eigenvalue weighted by Gasteiger charge is -2.15. The number of carbonyl (C=O) groups is 2. The molecule has 1 atom stereocenters. The van der Waals surface area contributed by atoms with Gasteiger partial charge in [-0.05, 0) is 67.6 Å². The van der Waals surface area contributed by atoms with Crippen LogP contribution in [0.5, 0.6) is 11.5 Å². The van der Waals surface area contributed by atoms with Crippen LogP contribution in [0.4, 0.5) is 0 Å². The Bertz CT molecular complexity index is 831. The average molecular weight is 399 g/mol. The third-order valence-electron chi connectivity index (χ3n) is 4.49. The monoisotopic (exact) mass is 398 g/mol. The zero-order valence-corrected chi connectivity index (χ0v) is 17.7. The highest BCUT2D eigenvalue weighted by Crippen LogP contribution is 2.27. The maximum atomic E-state index is 12.2. The van der Waals surface area contributed by atoms with Crippen LogP contribution in [0.3, 0.4) is 0 Å². The molecule has 0 heterocycles. The van der Waals surface area contributed by atoms with Gasteiger partial charge >= 0.3 is 0 Å². The molecule has 29 heavy (non-hydrogen) atoms. The van der Waals surface area contributed by atoms with Gasteiger partial charge in [0, 0.05) is 5.56 Å². The lowest BCUT2D eigenvalue weighted by atomic mass is 10.0. The topological polar surface area (TPSA) is 76.7 Å². The first-order chi connectivity index (χ1) is 13.8. The SMILES string of the molecule is CCC(C)Oc1ccc(C(=O)NNC(=O)COc2cc(C)ccc2C(C)C)cc1. The fraction of sp³-hybridized carbons (Fsp3) is 0.391. The van der Waals surface area contributed by atoms with E-state index in [1.54, 1.807) is 24.3 Å². The van der Waals surface area contributed by atoms with Gasteiger partial charge < -0.3 is 9.47 Å². The molecule has 0 radical (unpaired) electrons. The van der Waals surface area contributed by atoms with Gasteiger partial charge in [0.2, 0.25) is 0 Å². The molecule has 0 aliphatic carbocycles. The predicted molar refractivity (Wildman–Crippen MR) is 113 cm³/mol. The molecule has 0 aliphatic rings. The summed E-state index contributed by atoms with van der Waals surface area (Å²) in [6.07, 6.45) is 1.01. The summed E-state index contributed by atoms with van der Waals surface area (Å²) in [4.78, 5) is 24.2. The molecule has 2 rings (SSSR count). The number of ether oxygens (including phenoxy) is 2. The molecular weight excluding hydrogens is 368 g/mol. The molecule has 0 aromatic heterocycles.